The molecule has 0 saturated heterocycles. The summed E-state index contributed by atoms with van der Waals surface area (Å²) in [7, 11) is 0. The molecule has 2 nitrogen and oxygen atoms in total. The fourth-order valence-corrected chi connectivity index (χ4v) is 2.76. The van der Waals surface area contributed by atoms with Crippen LogP contribution in [0.25, 0.3) is 0 Å². The average Bonchev–Trinajstić information content (AvgIpc) is 2.31. The van der Waals surface area contributed by atoms with Gasteiger partial charge in [0.05, 0.1) is 6.10 Å². The third-order valence-electron chi connectivity index (χ3n) is 3.77. The van der Waals surface area contributed by atoms with E-state index in [2.05, 4.69) is 13.8 Å². The van der Waals surface area contributed by atoms with Gasteiger partial charge in [-0.25, -0.2) is 0 Å². The second-order valence-corrected chi connectivity index (χ2v) is 5.15. The largest absolute Gasteiger partial charge is 0.487 e. The zero-order valence-corrected chi connectivity index (χ0v) is 11.0. The highest BCUT2D eigenvalue weighted by Crippen LogP contribution is 2.43. The first kappa shape index (κ1) is 12.4. The first-order chi connectivity index (χ1) is 8.10. The SMILES string of the molecule is CCCC1(CC)C[C@H](O)c2cc(C)ccc2O1. The second-order valence-electron chi connectivity index (χ2n) is 5.15. The minimum absolute atomic E-state index is 0.170. The van der Waals surface area contributed by atoms with Crippen LogP contribution in [-0.4, -0.2) is 10.7 Å². The van der Waals surface area contributed by atoms with E-state index in [-0.39, 0.29) is 11.7 Å². The summed E-state index contributed by atoms with van der Waals surface area (Å²) in [4.78, 5) is 0. The molecular formula is C15H22O2. The first-order valence-electron chi connectivity index (χ1n) is 6.58. The molecule has 1 aliphatic rings. The quantitative estimate of drug-likeness (QED) is 0.863. The Morgan fingerprint density at radius 2 is 2.18 bits per heavy atom. The molecule has 0 saturated carbocycles. The summed E-state index contributed by atoms with van der Waals surface area (Å²) in [6, 6.07) is 6.07. The van der Waals surface area contributed by atoms with Crippen molar-refractivity contribution in [3.8, 4) is 5.75 Å². The van der Waals surface area contributed by atoms with Gasteiger partial charge in [0.15, 0.2) is 0 Å². The molecule has 0 fully saturated rings. The summed E-state index contributed by atoms with van der Waals surface area (Å²) in [6.45, 7) is 6.35. The van der Waals surface area contributed by atoms with Crippen molar-refractivity contribution in [3.63, 3.8) is 0 Å². The minimum Gasteiger partial charge on any atom is -0.487 e. The molecule has 1 unspecified atom stereocenters. The van der Waals surface area contributed by atoms with E-state index in [4.69, 9.17) is 4.74 Å². The van der Waals surface area contributed by atoms with Gasteiger partial charge in [-0.05, 0) is 31.9 Å². The normalized spacial score (nSPS) is 27.4. The number of ether oxygens (including phenoxy) is 1. The lowest BCUT2D eigenvalue weighted by atomic mass is 9.83. The Morgan fingerprint density at radius 3 is 2.82 bits per heavy atom. The van der Waals surface area contributed by atoms with Gasteiger partial charge in [0.25, 0.3) is 0 Å². The number of aliphatic hydroxyl groups is 1. The Morgan fingerprint density at radius 1 is 1.41 bits per heavy atom. The number of aliphatic hydroxyl groups excluding tert-OH is 1. The Hall–Kier alpha value is -1.02. The van der Waals surface area contributed by atoms with E-state index in [1.165, 1.54) is 5.56 Å². The number of aryl methyl sites for hydroxylation is 1. The van der Waals surface area contributed by atoms with Crippen molar-refractivity contribution in [3.05, 3.63) is 29.3 Å². The highest BCUT2D eigenvalue weighted by molar-refractivity contribution is 5.40. The fourth-order valence-electron chi connectivity index (χ4n) is 2.76. The molecule has 17 heavy (non-hydrogen) atoms. The summed E-state index contributed by atoms with van der Waals surface area (Å²) in [5.74, 6) is 0.865. The lowest BCUT2D eigenvalue weighted by Gasteiger charge is -2.40. The molecular weight excluding hydrogens is 212 g/mol. The predicted octanol–water partition coefficient (Wildman–Crippen LogP) is 3.76. The Bertz CT molecular complexity index is 400. The third kappa shape index (κ3) is 2.32. The Kier molecular flexibility index (Phi) is 3.43. The van der Waals surface area contributed by atoms with Crippen molar-refractivity contribution >= 4 is 0 Å². The molecule has 2 atom stereocenters. The zero-order chi connectivity index (χ0) is 12.5. The summed E-state index contributed by atoms with van der Waals surface area (Å²) in [6.07, 6.45) is 3.37. The van der Waals surface area contributed by atoms with Crippen molar-refractivity contribution in [2.75, 3.05) is 0 Å². The second kappa shape index (κ2) is 4.69. The van der Waals surface area contributed by atoms with Crippen LogP contribution in [0, 0.1) is 6.92 Å². The molecule has 1 aliphatic heterocycles. The summed E-state index contributed by atoms with van der Waals surface area (Å²) < 4.78 is 6.17. The summed E-state index contributed by atoms with van der Waals surface area (Å²) in [5.41, 5.74) is 1.95. The van der Waals surface area contributed by atoms with Gasteiger partial charge in [-0.3, -0.25) is 0 Å². The van der Waals surface area contributed by atoms with Gasteiger partial charge in [0.2, 0.25) is 0 Å². The molecule has 2 rings (SSSR count). The Balaban J connectivity index is 2.35. The molecule has 2 heteroatoms. The first-order valence-corrected chi connectivity index (χ1v) is 6.58. The molecule has 0 aromatic heterocycles. The van der Waals surface area contributed by atoms with Crippen LogP contribution >= 0.6 is 0 Å². The highest BCUT2D eigenvalue weighted by atomic mass is 16.5. The van der Waals surface area contributed by atoms with E-state index < -0.39 is 0 Å². The van der Waals surface area contributed by atoms with Gasteiger partial charge in [-0.2, -0.15) is 0 Å². The van der Waals surface area contributed by atoms with Crippen LogP contribution < -0.4 is 4.74 Å². The number of hydrogen-bond acceptors (Lipinski definition) is 2. The van der Waals surface area contributed by atoms with E-state index in [9.17, 15) is 5.11 Å². The van der Waals surface area contributed by atoms with Crippen LogP contribution in [0.5, 0.6) is 5.75 Å². The van der Waals surface area contributed by atoms with Gasteiger partial charge in [-0.1, -0.05) is 31.9 Å². The molecule has 1 aromatic rings. The molecule has 1 heterocycles. The van der Waals surface area contributed by atoms with Gasteiger partial charge in [0, 0.05) is 12.0 Å². The standard InChI is InChI=1S/C15H22O2/c1-4-8-15(5-2)10-13(16)12-9-11(3)6-7-14(12)17-15/h6-7,9,13,16H,4-5,8,10H2,1-3H3/t13-,15?/m0/s1. The smallest absolute Gasteiger partial charge is 0.125 e. The topological polar surface area (TPSA) is 29.5 Å². The van der Waals surface area contributed by atoms with Crippen LogP contribution in [0.2, 0.25) is 0 Å². The maximum absolute atomic E-state index is 10.3. The van der Waals surface area contributed by atoms with Gasteiger partial charge in [0.1, 0.15) is 11.4 Å². The van der Waals surface area contributed by atoms with Crippen molar-refractivity contribution in [1.82, 2.24) is 0 Å². The number of benzene rings is 1. The maximum Gasteiger partial charge on any atom is 0.125 e. The average molecular weight is 234 g/mol. The van der Waals surface area contributed by atoms with E-state index in [0.717, 1.165) is 30.6 Å². The third-order valence-corrected chi connectivity index (χ3v) is 3.77. The van der Waals surface area contributed by atoms with Crippen molar-refractivity contribution in [2.45, 2.75) is 58.2 Å². The molecule has 94 valence electrons. The minimum atomic E-state index is -0.384. The van der Waals surface area contributed by atoms with Gasteiger partial charge in [-0.15, -0.1) is 0 Å². The number of fused-ring (bicyclic) bond motifs is 1. The van der Waals surface area contributed by atoms with Crippen LogP contribution in [0.1, 0.15) is 56.8 Å². The van der Waals surface area contributed by atoms with E-state index >= 15 is 0 Å². The molecule has 1 N–H and O–H groups in total. The van der Waals surface area contributed by atoms with Crippen molar-refractivity contribution in [1.29, 1.82) is 0 Å². The molecule has 0 amide bonds. The maximum atomic E-state index is 10.3. The highest BCUT2D eigenvalue weighted by Gasteiger charge is 2.38. The Labute approximate surface area is 104 Å². The van der Waals surface area contributed by atoms with E-state index in [0.29, 0.717) is 6.42 Å². The van der Waals surface area contributed by atoms with Crippen molar-refractivity contribution in [2.24, 2.45) is 0 Å². The van der Waals surface area contributed by atoms with Crippen LogP contribution in [0.15, 0.2) is 18.2 Å². The van der Waals surface area contributed by atoms with Gasteiger partial charge < -0.3 is 9.84 Å². The predicted molar refractivity (Wildman–Crippen MR) is 69.3 cm³/mol. The van der Waals surface area contributed by atoms with Crippen LogP contribution in [0.4, 0.5) is 0 Å². The van der Waals surface area contributed by atoms with Crippen LogP contribution in [0.3, 0.4) is 0 Å². The lowest BCUT2D eigenvalue weighted by molar-refractivity contribution is -0.0232. The van der Waals surface area contributed by atoms with Gasteiger partial charge >= 0.3 is 0 Å². The molecule has 0 radical (unpaired) electrons. The summed E-state index contributed by atoms with van der Waals surface area (Å²) >= 11 is 0. The monoisotopic (exact) mass is 234 g/mol. The van der Waals surface area contributed by atoms with E-state index in [1.54, 1.807) is 0 Å². The molecule has 0 bridgehead atoms. The van der Waals surface area contributed by atoms with Crippen molar-refractivity contribution < 1.29 is 9.84 Å². The van der Waals surface area contributed by atoms with Crippen LogP contribution in [-0.2, 0) is 0 Å². The molecule has 1 aromatic carbocycles. The number of rotatable bonds is 3. The fraction of sp³-hybridized carbons (Fsp3) is 0.600. The number of hydrogen-bond donors (Lipinski definition) is 1. The van der Waals surface area contributed by atoms with E-state index in [1.807, 2.05) is 25.1 Å². The summed E-state index contributed by atoms with van der Waals surface area (Å²) in [5, 5.41) is 10.3. The molecule has 0 spiro atoms. The molecule has 0 aliphatic carbocycles. The zero-order valence-electron chi connectivity index (χ0n) is 11.0. The lowest BCUT2D eigenvalue weighted by Crippen LogP contribution is -2.40.